The van der Waals surface area contributed by atoms with E-state index in [9.17, 15) is 10.1 Å². The summed E-state index contributed by atoms with van der Waals surface area (Å²) in [6.07, 6.45) is 3.28. The van der Waals surface area contributed by atoms with Gasteiger partial charge in [0.25, 0.3) is 5.69 Å². The lowest BCUT2D eigenvalue weighted by Gasteiger charge is -2.04. The van der Waals surface area contributed by atoms with Crippen LogP contribution >= 0.6 is 0 Å². The van der Waals surface area contributed by atoms with Gasteiger partial charge in [-0.2, -0.15) is 0 Å². The molecule has 0 saturated carbocycles. The normalized spacial score (nSPS) is 9.94. The first-order valence-electron chi connectivity index (χ1n) is 4.94. The maximum absolute atomic E-state index is 10.8. The Bertz CT molecular complexity index is 541. The van der Waals surface area contributed by atoms with Crippen molar-refractivity contribution in [1.29, 1.82) is 0 Å². The molecule has 0 bridgehead atoms. The summed E-state index contributed by atoms with van der Waals surface area (Å²) in [6, 6.07) is 8.24. The molecule has 5 heteroatoms. The number of ether oxygens (including phenoxy) is 1. The summed E-state index contributed by atoms with van der Waals surface area (Å²) >= 11 is 0. The van der Waals surface area contributed by atoms with Crippen molar-refractivity contribution in [3.63, 3.8) is 0 Å². The van der Waals surface area contributed by atoms with Gasteiger partial charge in [0.05, 0.1) is 18.1 Å². The van der Waals surface area contributed by atoms with Crippen molar-refractivity contribution in [3.05, 3.63) is 52.8 Å². The van der Waals surface area contributed by atoms with Crippen molar-refractivity contribution in [3.8, 4) is 16.9 Å². The van der Waals surface area contributed by atoms with Crippen molar-refractivity contribution in [2.24, 2.45) is 0 Å². The third-order valence-electron chi connectivity index (χ3n) is 2.35. The molecule has 2 aromatic rings. The molecule has 1 aromatic heterocycles. The van der Waals surface area contributed by atoms with Gasteiger partial charge < -0.3 is 4.74 Å². The zero-order valence-corrected chi connectivity index (χ0v) is 9.16. The lowest BCUT2D eigenvalue weighted by Crippen LogP contribution is -1.91. The minimum Gasteiger partial charge on any atom is -0.496 e. The first-order valence-corrected chi connectivity index (χ1v) is 4.94. The molecule has 0 aliphatic rings. The van der Waals surface area contributed by atoms with Gasteiger partial charge in [-0.15, -0.1) is 0 Å². The fraction of sp³-hybridized carbons (Fsp3) is 0.0833. The Hall–Kier alpha value is -2.43. The number of rotatable bonds is 3. The average molecular weight is 230 g/mol. The Morgan fingerprint density at radius 3 is 2.47 bits per heavy atom. The van der Waals surface area contributed by atoms with Gasteiger partial charge in [0.15, 0.2) is 0 Å². The van der Waals surface area contributed by atoms with E-state index in [-0.39, 0.29) is 5.69 Å². The van der Waals surface area contributed by atoms with Crippen molar-refractivity contribution in [2.45, 2.75) is 0 Å². The van der Waals surface area contributed by atoms with Gasteiger partial charge in [0.2, 0.25) is 0 Å². The van der Waals surface area contributed by atoms with E-state index in [1.807, 2.05) is 0 Å². The summed E-state index contributed by atoms with van der Waals surface area (Å²) in [4.78, 5) is 14.3. The van der Waals surface area contributed by atoms with E-state index in [0.29, 0.717) is 5.75 Å². The molecule has 5 nitrogen and oxygen atoms in total. The van der Waals surface area contributed by atoms with Crippen LogP contribution in [0.3, 0.4) is 0 Å². The summed E-state index contributed by atoms with van der Waals surface area (Å²) in [6.45, 7) is 0. The standard InChI is InChI=1S/C12H10N2O3/c1-17-12-7-10(6-11(8-12)14(15)16)9-2-4-13-5-3-9/h2-8H,1H3. The second-order valence-electron chi connectivity index (χ2n) is 3.41. The van der Waals surface area contributed by atoms with Crippen LogP contribution in [0.5, 0.6) is 5.75 Å². The maximum atomic E-state index is 10.8. The molecular weight excluding hydrogens is 220 g/mol. The third-order valence-corrected chi connectivity index (χ3v) is 2.35. The molecule has 0 aliphatic carbocycles. The topological polar surface area (TPSA) is 65.3 Å². The smallest absolute Gasteiger partial charge is 0.273 e. The molecule has 86 valence electrons. The second-order valence-corrected chi connectivity index (χ2v) is 3.41. The van der Waals surface area contributed by atoms with Crippen LogP contribution in [0.4, 0.5) is 5.69 Å². The van der Waals surface area contributed by atoms with Gasteiger partial charge in [-0.25, -0.2) is 0 Å². The second kappa shape index (κ2) is 4.61. The SMILES string of the molecule is COc1cc(-c2ccncc2)cc([N+](=O)[O-])c1. The van der Waals surface area contributed by atoms with E-state index in [2.05, 4.69) is 4.98 Å². The molecule has 0 spiro atoms. The van der Waals surface area contributed by atoms with Crippen LogP contribution < -0.4 is 4.74 Å². The zero-order chi connectivity index (χ0) is 12.3. The number of nitro benzene ring substituents is 1. The number of aromatic nitrogens is 1. The number of hydrogen-bond acceptors (Lipinski definition) is 4. The number of non-ortho nitro benzene ring substituents is 1. The predicted octanol–water partition coefficient (Wildman–Crippen LogP) is 2.67. The highest BCUT2D eigenvalue weighted by atomic mass is 16.6. The summed E-state index contributed by atoms with van der Waals surface area (Å²) in [7, 11) is 1.48. The molecular formula is C12H10N2O3. The molecule has 1 aromatic carbocycles. The first kappa shape index (κ1) is 11.1. The highest BCUT2D eigenvalue weighted by Gasteiger charge is 2.11. The fourth-order valence-electron chi connectivity index (χ4n) is 1.52. The van der Waals surface area contributed by atoms with Gasteiger partial charge in [-0.3, -0.25) is 15.1 Å². The molecule has 1 heterocycles. The van der Waals surface area contributed by atoms with Crippen LogP contribution in [0.25, 0.3) is 11.1 Å². The fourth-order valence-corrected chi connectivity index (χ4v) is 1.52. The summed E-state index contributed by atoms with van der Waals surface area (Å²) in [5, 5.41) is 10.8. The van der Waals surface area contributed by atoms with E-state index < -0.39 is 4.92 Å². The number of hydrogen-bond donors (Lipinski definition) is 0. The Balaban J connectivity index is 2.54. The highest BCUT2D eigenvalue weighted by Crippen LogP contribution is 2.29. The zero-order valence-electron chi connectivity index (χ0n) is 9.16. The number of nitrogens with zero attached hydrogens (tertiary/aromatic N) is 2. The molecule has 0 saturated heterocycles. The Morgan fingerprint density at radius 2 is 1.88 bits per heavy atom. The predicted molar refractivity (Wildman–Crippen MR) is 62.9 cm³/mol. The average Bonchev–Trinajstić information content (AvgIpc) is 2.39. The van der Waals surface area contributed by atoms with E-state index in [4.69, 9.17) is 4.74 Å². The lowest BCUT2D eigenvalue weighted by molar-refractivity contribution is -0.384. The first-order chi connectivity index (χ1) is 8.20. The van der Waals surface area contributed by atoms with Gasteiger partial charge in [-0.1, -0.05) is 0 Å². The van der Waals surface area contributed by atoms with Crippen LogP contribution in [0.15, 0.2) is 42.7 Å². The number of methoxy groups -OCH3 is 1. The van der Waals surface area contributed by atoms with Crippen LogP contribution in [0.2, 0.25) is 0 Å². The van der Waals surface area contributed by atoms with Crippen molar-refractivity contribution < 1.29 is 9.66 Å². The monoisotopic (exact) mass is 230 g/mol. The molecule has 0 radical (unpaired) electrons. The van der Waals surface area contributed by atoms with Crippen molar-refractivity contribution in [1.82, 2.24) is 4.98 Å². The molecule has 0 atom stereocenters. The molecule has 2 rings (SSSR count). The molecule has 0 fully saturated rings. The molecule has 0 aliphatic heterocycles. The van der Waals surface area contributed by atoms with E-state index >= 15 is 0 Å². The molecule has 17 heavy (non-hydrogen) atoms. The Labute approximate surface area is 97.8 Å². The van der Waals surface area contributed by atoms with Gasteiger partial charge >= 0.3 is 0 Å². The maximum Gasteiger partial charge on any atom is 0.273 e. The number of pyridine rings is 1. The lowest BCUT2D eigenvalue weighted by atomic mass is 10.1. The quantitative estimate of drug-likeness (QED) is 0.600. The van der Waals surface area contributed by atoms with Crippen LogP contribution in [-0.2, 0) is 0 Å². The minimum atomic E-state index is -0.437. The van der Waals surface area contributed by atoms with Gasteiger partial charge in [0.1, 0.15) is 5.75 Å². The minimum absolute atomic E-state index is 0.0103. The molecule has 0 amide bonds. The van der Waals surface area contributed by atoms with Crippen LogP contribution in [0, 0.1) is 10.1 Å². The van der Waals surface area contributed by atoms with E-state index in [0.717, 1.165) is 11.1 Å². The van der Waals surface area contributed by atoms with Crippen LogP contribution in [0.1, 0.15) is 0 Å². The summed E-state index contributed by atoms with van der Waals surface area (Å²) < 4.78 is 5.05. The van der Waals surface area contributed by atoms with Crippen molar-refractivity contribution >= 4 is 5.69 Å². The third kappa shape index (κ3) is 2.39. The van der Waals surface area contributed by atoms with E-state index in [1.165, 1.54) is 19.2 Å². The van der Waals surface area contributed by atoms with Gasteiger partial charge in [0, 0.05) is 18.5 Å². The van der Waals surface area contributed by atoms with Crippen LogP contribution in [-0.4, -0.2) is 17.0 Å². The number of nitro groups is 1. The molecule has 0 N–H and O–H groups in total. The van der Waals surface area contributed by atoms with Crippen molar-refractivity contribution in [2.75, 3.05) is 7.11 Å². The van der Waals surface area contributed by atoms with E-state index in [1.54, 1.807) is 30.6 Å². The Kier molecular flexibility index (Phi) is 3.00. The highest BCUT2D eigenvalue weighted by molar-refractivity contribution is 5.67. The Morgan fingerprint density at radius 1 is 1.18 bits per heavy atom. The summed E-state index contributed by atoms with van der Waals surface area (Å²) in [5.74, 6) is 0.464. The summed E-state index contributed by atoms with van der Waals surface area (Å²) in [5.41, 5.74) is 1.61. The largest absolute Gasteiger partial charge is 0.496 e. The number of benzene rings is 1. The molecule has 0 unspecified atom stereocenters. The van der Waals surface area contributed by atoms with Gasteiger partial charge in [-0.05, 0) is 29.3 Å².